The highest BCUT2D eigenvalue weighted by atomic mass is 31.2. The zero-order chi connectivity index (χ0) is 23.8. The van der Waals surface area contributed by atoms with E-state index in [-0.39, 0.29) is 6.16 Å². The highest BCUT2D eigenvalue weighted by Gasteiger charge is 2.20. The molecule has 5 nitrogen and oxygen atoms in total. The topological polar surface area (TPSA) is 81.0 Å². The van der Waals surface area contributed by atoms with Gasteiger partial charge < -0.3 is 18.9 Å². The largest absolute Gasteiger partial charge is 0.811 e. The fraction of sp³-hybridized carbons (Fsp3) is 0.250. The third-order valence-electron chi connectivity index (χ3n) is 5.91. The normalized spacial score (nSPS) is 11.6. The van der Waals surface area contributed by atoms with Crippen molar-refractivity contribution in [2.24, 2.45) is 0 Å². The summed E-state index contributed by atoms with van der Waals surface area (Å²) in [6.07, 6.45) is 3.76. The Morgan fingerprint density at radius 1 is 0.647 bits per heavy atom. The Labute approximate surface area is 201 Å². The van der Waals surface area contributed by atoms with Crippen molar-refractivity contribution in [1.29, 1.82) is 0 Å². The van der Waals surface area contributed by atoms with Gasteiger partial charge in [-0.3, -0.25) is 0 Å². The molecule has 0 spiro atoms. The first-order valence-corrected chi connectivity index (χ1v) is 13.5. The molecule has 3 aromatic carbocycles. The molecule has 34 heavy (non-hydrogen) atoms. The smallest absolute Gasteiger partial charge is 0.141 e. The lowest BCUT2D eigenvalue weighted by Crippen LogP contribution is -2.16. The first kappa shape index (κ1) is 24.2. The summed E-state index contributed by atoms with van der Waals surface area (Å²) in [4.78, 5) is 26.8. The van der Waals surface area contributed by atoms with Gasteiger partial charge in [0.1, 0.15) is 5.82 Å². The van der Waals surface area contributed by atoms with Crippen LogP contribution in [0.5, 0.6) is 0 Å². The summed E-state index contributed by atoms with van der Waals surface area (Å²) in [6, 6.07) is 30.9. The zero-order valence-electron chi connectivity index (χ0n) is 19.2. The zero-order valence-corrected chi connectivity index (χ0v) is 20.1. The van der Waals surface area contributed by atoms with E-state index >= 15 is 0 Å². The number of benzene rings is 3. The van der Waals surface area contributed by atoms with Crippen LogP contribution >= 0.6 is 7.60 Å². The number of unbranched alkanes of at least 4 members (excludes halogenated alkanes) is 4. The Balaban J connectivity index is 1.64. The Morgan fingerprint density at radius 3 is 1.74 bits per heavy atom. The number of rotatable bonds is 11. The molecule has 176 valence electrons. The molecule has 4 aromatic rings. The molecule has 6 heteroatoms. The van der Waals surface area contributed by atoms with Crippen LogP contribution in [0.1, 0.15) is 32.1 Å². The minimum absolute atomic E-state index is 0.245. The Morgan fingerprint density at radius 2 is 1.15 bits per heavy atom. The van der Waals surface area contributed by atoms with E-state index in [4.69, 9.17) is 4.98 Å². The second-order valence-corrected chi connectivity index (χ2v) is 10.2. The van der Waals surface area contributed by atoms with Crippen molar-refractivity contribution >= 4 is 7.60 Å². The number of aromatic nitrogens is 2. The predicted molar refractivity (Wildman–Crippen MR) is 134 cm³/mol. The molecular weight excluding hydrogens is 443 g/mol. The number of hydrogen-bond donors (Lipinski definition) is 0. The monoisotopic (exact) mass is 472 g/mol. The molecule has 0 saturated heterocycles. The van der Waals surface area contributed by atoms with Crippen LogP contribution in [0.4, 0.5) is 0 Å². The molecule has 4 rings (SSSR count). The average Bonchev–Trinajstić information content (AvgIpc) is 3.24. The summed E-state index contributed by atoms with van der Waals surface area (Å²) < 4.78 is 13.1. The van der Waals surface area contributed by atoms with Gasteiger partial charge in [0.2, 0.25) is 0 Å². The second-order valence-electron chi connectivity index (χ2n) is 8.48. The first-order chi connectivity index (χ1) is 16.5. The van der Waals surface area contributed by atoms with Crippen molar-refractivity contribution in [3.63, 3.8) is 0 Å². The quantitative estimate of drug-likeness (QED) is 0.206. The van der Waals surface area contributed by atoms with Gasteiger partial charge in [-0.2, -0.15) is 0 Å². The average molecular weight is 473 g/mol. The van der Waals surface area contributed by atoms with E-state index < -0.39 is 7.60 Å². The van der Waals surface area contributed by atoms with Gasteiger partial charge in [-0.05, 0) is 19.0 Å². The number of hydrogen-bond acceptors (Lipinski definition) is 4. The maximum Gasteiger partial charge on any atom is 0.141 e. The molecule has 0 radical (unpaired) electrons. The highest BCUT2D eigenvalue weighted by Crippen LogP contribution is 2.36. The van der Waals surface area contributed by atoms with Crippen molar-refractivity contribution in [3.8, 4) is 33.9 Å². The molecule has 0 atom stereocenters. The molecule has 1 aromatic heterocycles. The lowest BCUT2D eigenvalue weighted by molar-refractivity contribution is -0.313. The maximum absolute atomic E-state index is 10.8. The summed E-state index contributed by atoms with van der Waals surface area (Å²) in [5.41, 5.74) is 5.34. The Hall–Kier alpha value is -2.98. The van der Waals surface area contributed by atoms with Crippen molar-refractivity contribution in [1.82, 2.24) is 9.55 Å². The van der Waals surface area contributed by atoms with Gasteiger partial charge in [0.05, 0.1) is 11.4 Å². The molecule has 0 saturated carbocycles. The van der Waals surface area contributed by atoms with Gasteiger partial charge in [0.25, 0.3) is 0 Å². The summed E-state index contributed by atoms with van der Waals surface area (Å²) in [5.74, 6) is 0.942. The van der Waals surface area contributed by atoms with Crippen molar-refractivity contribution in [3.05, 3.63) is 91.0 Å². The second kappa shape index (κ2) is 11.4. The van der Waals surface area contributed by atoms with E-state index in [0.29, 0.717) is 6.42 Å². The van der Waals surface area contributed by atoms with Crippen LogP contribution in [-0.2, 0) is 11.1 Å². The maximum atomic E-state index is 10.8. The van der Waals surface area contributed by atoms with E-state index in [2.05, 4.69) is 41.0 Å². The third-order valence-corrected chi connectivity index (χ3v) is 6.77. The van der Waals surface area contributed by atoms with Gasteiger partial charge in [-0.1, -0.05) is 118 Å². The Kier molecular flexibility index (Phi) is 8.12. The molecule has 0 aliphatic heterocycles. The van der Waals surface area contributed by atoms with E-state index in [1.54, 1.807) is 0 Å². The molecule has 0 aliphatic carbocycles. The van der Waals surface area contributed by atoms with Crippen molar-refractivity contribution < 1.29 is 14.4 Å². The summed E-state index contributed by atoms with van der Waals surface area (Å²) in [6.45, 7) is 0.801. The van der Waals surface area contributed by atoms with Gasteiger partial charge in [-0.25, -0.2) is 4.98 Å². The molecule has 0 bridgehead atoms. The summed E-state index contributed by atoms with van der Waals surface area (Å²) in [5, 5.41) is 0. The third kappa shape index (κ3) is 6.32. The van der Waals surface area contributed by atoms with Crippen LogP contribution in [-0.4, -0.2) is 15.7 Å². The van der Waals surface area contributed by atoms with Crippen molar-refractivity contribution in [2.75, 3.05) is 6.16 Å². The molecule has 0 N–H and O–H groups in total. The predicted octanol–water partition coefficient (Wildman–Crippen LogP) is 5.75. The van der Waals surface area contributed by atoms with Crippen LogP contribution in [0.3, 0.4) is 0 Å². The standard InChI is InChI=1S/C28H31N2O3P/c31-34(32,33)22-14-3-1-2-13-21-30-27(24-17-9-5-10-18-24)26(23-15-7-4-8-16-23)29-28(30)25-19-11-6-12-20-25/h4-12,15-20H,1-3,13-14,21-22H2,(H2,31,32,33)/p-2. The lowest BCUT2D eigenvalue weighted by Gasteiger charge is -2.29. The first-order valence-electron chi connectivity index (χ1n) is 11.8. The van der Waals surface area contributed by atoms with E-state index in [0.717, 1.165) is 66.1 Å². The van der Waals surface area contributed by atoms with Crippen LogP contribution in [0.2, 0.25) is 0 Å². The van der Waals surface area contributed by atoms with Gasteiger partial charge in [0, 0.05) is 23.2 Å². The fourth-order valence-corrected chi connectivity index (χ4v) is 4.88. The minimum atomic E-state index is -4.39. The summed E-state index contributed by atoms with van der Waals surface area (Å²) in [7, 11) is -4.39. The molecule has 0 unspecified atom stereocenters. The van der Waals surface area contributed by atoms with E-state index in [1.807, 2.05) is 54.6 Å². The molecular formula is C28H29N2O3P-2. The molecule has 0 amide bonds. The van der Waals surface area contributed by atoms with Crippen LogP contribution in [0.25, 0.3) is 33.9 Å². The lowest BCUT2D eigenvalue weighted by atomic mass is 10.0. The highest BCUT2D eigenvalue weighted by molar-refractivity contribution is 7.48. The van der Waals surface area contributed by atoms with E-state index in [1.165, 1.54) is 0 Å². The minimum Gasteiger partial charge on any atom is -0.811 e. The molecule has 0 aliphatic rings. The van der Waals surface area contributed by atoms with Gasteiger partial charge in [-0.15, -0.1) is 0 Å². The Bertz CT molecular complexity index is 1220. The number of imidazole rings is 1. The summed E-state index contributed by atoms with van der Waals surface area (Å²) >= 11 is 0. The number of nitrogens with zero attached hydrogens (tertiary/aromatic N) is 2. The fourth-order valence-electron chi connectivity index (χ4n) is 4.27. The molecule has 1 heterocycles. The van der Waals surface area contributed by atoms with E-state index in [9.17, 15) is 14.4 Å². The van der Waals surface area contributed by atoms with Gasteiger partial charge in [0.15, 0.2) is 0 Å². The SMILES string of the molecule is O=P([O-])([O-])CCCCCCCn1c(-c2ccccc2)nc(-c2ccccc2)c1-c1ccccc1. The molecule has 0 fully saturated rings. The van der Waals surface area contributed by atoms with Crippen LogP contribution in [0.15, 0.2) is 91.0 Å². The van der Waals surface area contributed by atoms with Crippen LogP contribution < -0.4 is 9.79 Å². The van der Waals surface area contributed by atoms with Crippen LogP contribution in [0, 0.1) is 0 Å². The van der Waals surface area contributed by atoms with Gasteiger partial charge >= 0.3 is 0 Å². The van der Waals surface area contributed by atoms with Crippen molar-refractivity contribution in [2.45, 2.75) is 38.6 Å².